The van der Waals surface area contributed by atoms with E-state index in [1.54, 1.807) is 35.6 Å². The fraction of sp³-hybridized carbons (Fsp3) is 0.280. The zero-order chi connectivity index (χ0) is 22.9. The quantitative estimate of drug-likeness (QED) is 0.446. The topological polar surface area (TPSA) is 73.5 Å². The summed E-state index contributed by atoms with van der Waals surface area (Å²) in [5.41, 5.74) is 2.39. The number of carbonyl (C=O) groups is 2. The molecule has 0 aliphatic carbocycles. The van der Waals surface area contributed by atoms with E-state index in [0.717, 1.165) is 29.5 Å². The van der Waals surface area contributed by atoms with Crippen LogP contribution >= 0.6 is 23.1 Å². The van der Waals surface area contributed by atoms with E-state index in [-0.39, 0.29) is 18.0 Å². The van der Waals surface area contributed by atoms with Crippen LogP contribution in [-0.2, 0) is 13.1 Å². The largest absolute Gasteiger partial charge is 0.347 e. The third-order valence-corrected chi connectivity index (χ3v) is 7.43. The molecule has 0 spiro atoms. The van der Waals surface area contributed by atoms with Gasteiger partial charge in [0, 0.05) is 53.3 Å². The zero-order valence-electron chi connectivity index (χ0n) is 18.3. The smallest absolute Gasteiger partial charge is 0.319 e. The lowest BCUT2D eigenvalue weighted by molar-refractivity contribution is 0.0951. The Morgan fingerprint density at radius 2 is 1.88 bits per heavy atom. The van der Waals surface area contributed by atoms with E-state index < -0.39 is 0 Å². The minimum atomic E-state index is -0.263. The molecule has 2 aromatic carbocycles. The molecule has 1 atom stereocenters. The number of nitrogens with zero attached hydrogens (tertiary/aromatic N) is 1. The van der Waals surface area contributed by atoms with Crippen LogP contribution in [0.5, 0.6) is 0 Å². The summed E-state index contributed by atoms with van der Waals surface area (Å²) in [6.07, 6.45) is 0. The normalized spacial score (nSPS) is 16.2. The van der Waals surface area contributed by atoms with Gasteiger partial charge in [-0.15, -0.1) is 11.3 Å². The molecule has 3 aromatic rings. The molecule has 1 fully saturated rings. The Hall–Kier alpha value is -2.81. The van der Waals surface area contributed by atoms with Gasteiger partial charge >= 0.3 is 6.03 Å². The summed E-state index contributed by atoms with van der Waals surface area (Å²) in [6.45, 7) is 2.97. The molecule has 3 N–H and O–H groups in total. The average Bonchev–Trinajstić information content (AvgIpc) is 3.37. The predicted molar refractivity (Wildman–Crippen MR) is 137 cm³/mol. The SMILES string of the molecule is O=C(NCC1CSCCN1Cc1ccccc1)Nc1cccc(C(=O)NCc2cccs2)c1. The first-order valence-electron chi connectivity index (χ1n) is 11.0. The Morgan fingerprint density at radius 3 is 2.70 bits per heavy atom. The Kier molecular flexibility index (Phi) is 8.41. The fourth-order valence-electron chi connectivity index (χ4n) is 3.71. The van der Waals surface area contributed by atoms with Gasteiger partial charge in [0.05, 0.1) is 6.54 Å². The van der Waals surface area contributed by atoms with E-state index in [9.17, 15) is 9.59 Å². The number of benzene rings is 2. The van der Waals surface area contributed by atoms with Crippen molar-refractivity contribution in [2.24, 2.45) is 0 Å². The van der Waals surface area contributed by atoms with Gasteiger partial charge < -0.3 is 16.0 Å². The molecule has 172 valence electrons. The van der Waals surface area contributed by atoms with Crippen LogP contribution in [0, 0.1) is 0 Å². The Bertz CT molecular complexity index is 1040. The number of carbonyl (C=O) groups excluding carboxylic acids is 2. The van der Waals surface area contributed by atoms with E-state index in [0.29, 0.717) is 24.3 Å². The Morgan fingerprint density at radius 1 is 1.00 bits per heavy atom. The molecule has 0 saturated carbocycles. The highest BCUT2D eigenvalue weighted by Crippen LogP contribution is 2.19. The summed E-state index contributed by atoms with van der Waals surface area (Å²) < 4.78 is 0. The van der Waals surface area contributed by atoms with Crippen molar-refractivity contribution in [3.05, 3.63) is 88.1 Å². The first-order valence-corrected chi connectivity index (χ1v) is 13.0. The molecule has 0 radical (unpaired) electrons. The number of amides is 3. The molecular weight excluding hydrogens is 452 g/mol. The minimum absolute atomic E-state index is 0.164. The first-order chi connectivity index (χ1) is 16.2. The molecule has 6 nitrogen and oxygen atoms in total. The van der Waals surface area contributed by atoms with Crippen molar-refractivity contribution in [3.63, 3.8) is 0 Å². The number of rotatable bonds is 8. The third-order valence-electron chi connectivity index (χ3n) is 5.46. The lowest BCUT2D eigenvalue weighted by Crippen LogP contribution is -2.49. The molecule has 1 aromatic heterocycles. The summed E-state index contributed by atoms with van der Waals surface area (Å²) in [5, 5.41) is 10.8. The van der Waals surface area contributed by atoms with Crippen molar-refractivity contribution in [2.45, 2.75) is 19.1 Å². The lowest BCUT2D eigenvalue weighted by Gasteiger charge is -2.35. The molecule has 8 heteroatoms. The second kappa shape index (κ2) is 11.9. The predicted octanol–water partition coefficient (Wildman–Crippen LogP) is 4.42. The molecule has 1 saturated heterocycles. The van der Waals surface area contributed by atoms with Crippen molar-refractivity contribution in [2.75, 3.05) is 29.9 Å². The third kappa shape index (κ3) is 7.08. The fourth-order valence-corrected chi connectivity index (χ4v) is 5.49. The van der Waals surface area contributed by atoms with Gasteiger partial charge in [0.25, 0.3) is 5.91 Å². The Labute approximate surface area is 202 Å². The maximum absolute atomic E-state index is 12.5. The van der Waals surface area contributed by atoms with Crippen LogP contribution in [0.1, 0.15) is 20.8 Å². The van der Waals surface area contributed by atoms with Crippen LogP contribution in [0.4, 0.5) is 10.5 Å². The zero-order valence-corrected chi connectivity index (χ0v) is 20.0. The molecule has 1 aliphatic heterocycles. The summed E-state index contributed by atoms with van der Waals surface area (Å²) in [4.78, 5) is 28.5. The van der Waals surface area contributed by atoms with Gasteiger partial charge in [-0.2, -0.15) is 11.8 Å². The molecular formula is C25H28N4O2S2. The van der Waals surface area contributed by atoms with Crippen molar-refractivity contribution in [1.29, 1.82) is 0 Å². The van der Waals surface area contributed by atoms with Gasteiger partial charge in [0.2, 0.25) is 0 Å². The molecule has 3 amide bonds. The van der Waals surface area contributed by atoms with E-state index in [4.69, 9.17) is 0 Å². The number of hydrogen-bond acceptors (Lipinski definition) is 5. The Balaban J connectivity index is 1.27. The second-order valence-corrected chi connectivity index (χ2v) is 10.0. The monoisotopic (exact) mass is 480 g/mol. The highest BCUT2D eigenvalue weighted by atomic mass is 32.2. The van der Waals surface area contributed by atoms with Gasteiger partial charge in [-0.1, -0.05) is 42.5 Å². The number of urea groups is 1. The maximum atomic E-state index is 12.5. The van der Waals surface area contributed by atoms with Crippen molar-refractivity contribution >= 4 is 40.7 Å². The van der Waals surface area contributed by atoms with Crippen LogP contribution in [-0.4, -0.2) is 47.5 Å². The van der Waals surface area contributed by atoms with E-state index >= 15 is 0 Å². The number of thiophene rings is 1. The van der Waals surface area contributed by atoms with Crippen LogP contribution in [0.3, 0.4) is 0 Å². The average molecular weight is 481 g/mol. The van der Waals surface area contributed by atoms with Crippen LogP contribution in [0.15, 0.2) is 72.1 Å². The summed E-state index contributed by atoms with van der Waals surface area (Å²) in [5.74, 6) is 1.94. The van der Waals surface area contributed by atoms with Crippen LogP contribution < -0.4 is 16.0 Å². The van der Waals surface area contributed by atoms with E-state index in [1.165, 1.54) is 5.56 Å². The lowest BCUT2D eigenvalue weighted by atomic mass is 10.1. The van der Waals surface area contributed by atoms with Crippen LogP contribution in [0.25, 0.3) is 0 Å². The minimum Gasteiger partial charge on any atom is -0.347 e. The highest BCUT2D eigenvalue weighted by Gasteiger charge is 2.23. The van der Waals surface area contributed by atoms with Gasteiger partial charge in [-0.25, -0.2) is 4.79 Å². The standard InChI is InChI=1S/C25H28N4O2S2/c30-24(26-16-23-10-5-12-33-23)20-8-4-9-21(14-20)28-25(31)27-15-22-18-32-13-11-29(22)17-19-6-2-1-3-7-19/h1-10,12,14,22H,11,13,15-18H2,(H,26,30)(H2,27,28,31). The molecule has 2 heterocycles. The highest BCUT2D eigenvalue weighted by molar-refractivity contribution is 7.99. The van der Waals surface area contributed by atoms with Gasteiger partial charge in [0.1, 0.15) is 0 Å². The summed E-state index contributed by atoms with van der Waals surface area (Å²) >= 11 is 3.53. The van der Waals surface area contributed by atoms with Gasteiger partial charge in [0.15, 0.2) is 0 Å². The van der Waals surface area contributed by atoms with Gasteiger partial charge in [-0.3, -0.25) is 9.69 Å². The molecule has 0 bridgehead atoms. The number of thioether (sulfide) groups is 1. The second-order valence-electron chi connectivity index (χ2n) is 7.86. The number of anilines is 1. The number of hydrogen-bond donors (Lipinski definition) is 3. The summed E-state index contributed by atoms with van der Waals surface area (Å²) in [7, 11) is 0. The molecule has 4 rings (SSSR count). The molecule has 33 heavy (non-hydrogen) atoms. The van der Waals surface area contributed by atoms with E-state index in [1.807, 2.05) is 35.3 Å². The van der Waals surface area contributed by atoms with Crippen LogP contribution in [0.2, 0.25) is 0 Å². The van der Waals surface area contributed by atoms with Crippen molar-refractivity contribution in [1.82, 2.24) is 15.5 Å². The van der Waals surface area contributed by atoms with Crippen molar-refractivity contribution < 1.29 is 9.59 Å². The number of nitrogens with one attached hydrogen (secondary N) is 3. The first kappa shape index (κ1) is 23.4. The van der Waals surface area contributed by atoms with Gasteiger partial charge in [-0.05, 0) is 35.2 Å². The van der Waals surface area contributed by atoms with E-state index in [2.05, 4.69) is 45.1 Å². The maximum Gasteiger partial charge on any atom is 0.319 e. The molecule has 1 aliphatic rings. The molecule has 1 unspecified atom stereocenters. The van der Waals surface area contributed by atoms with Crippen molar-refractivity contribution in [3.8, 4) is 0 Å². The summed E-state index contributed by atoms with van der Waals surface area (Å²) in [6, 6.07) is 21.4.